The molecule has 0 radical (unpaired) electrons. The molecule has 0 saturated carbocycles. The molecule has 0 atom stereocenters. The Morgan fingerprint density at radius 3 is 2.81 bits per heavy atom. The van der Waals surface area contributed by atoms with Gasteiger partial charge in [0.1, 0.15) is 0 Å². The summed E-state index contributed by atoms with van der Waals surface area (Å²) in [6, 6.07) is 10.7. The number of para-hydroxylation sites is 1. The van der Waals surface area contributed by atoms with Gasteiger partial charge in [-0.3, -0.25) is 9.88 Å². The minimum absolute atomic E-state index is 0.288. The summed E-state index contributed by atoms with van der Waals surface area (Å²) in [6.45, 7) is 8.91. The van der Waals surface area contributed by atoms with Crippen molar-refractivity contribution in [2.24, 2.45) is 0 Å². The maximum Gasteiger partial charge on any atom is 0.0746 e. The summed E-state index contributed by atoms with van der Waals surface area (Å²) in [5.41, 5.74) is 2.78. The Bertz CT molecular complexity index is 599. The Labute approximate surface area is 127 Å². The van der Waals surface area contributed by atoms with Crippen LogP contribution in [-0.4, -0.2) is 35.1 Å². The van der Waals surface area contributed by atoms with Gasteiger partial charge in [0, 0.05) is 43.3 Å². The quantitative estimate of drug-likeness (QED) is 0.934. The molecule has 0 amide bonds. The van der Waals surface area contributed by atoms with E-state index in [2.05, 4.69) is 53.3 Å². The van der Waals surface area contributed by atoms with E-state index in [1.807, 2.05) is 12.3 Å². The molecule has 3 nitrogen and oxygen atoms in total. The standard InChI is InChI=1S/C18H25N3/c1-3-18(4-2)14-21(12-11-20-18)13-16-8-5-7-15-9-6-10-19-17(15)16/h5-10,20H,3-4,11-14H2,1-2H3. The SMILES string of the molecule is CCC1(CC)CN(Cc2cccc3cccnc23)CCN1. The molecule has 3 rings (SSSR count). The van der Waals surface area contributed by atoms with Crippen LogP contribution >= 0.6 is 0 Å². The zero-order valence-corrected chi connectivity index (χ0v) is 13.1. The zero-order valence-electron chi connectivity index (χ0n) is 13.1. The summed E-state index contributed by atoms with van der Waals surface area (Å²) < 4.78 is 0. The number of rotatable bonds is 4. The molecule has 1 saturated heterocycles. The summed E-state index contributed by atoms with van der Waals surface area (Å²) in [5, 5.41) is 4.97. The number of benzene rings is 1. The van der Waals surface area contributed by atoms with E-state index in [1.54, 1.807) is 0 Å². The first kappa shape index (κ1) is 14.5. The van der Waals surface area contributed by atoms with Crippen molar-refractivity contribution in [2.45, 2.75) is 38.8 Å². The van der Waals surface area contributed by atoms with Crippen molar-refractivity contribution in [1.82, 2.24) is 15.2 Å². The molecule has 2 aromatic rings. The third kappa shape index (κ3) is 2.94. The van der Waals surface area contributed by atoms with Crippen LogP contribution in [0, 0.1) is 0 Å². The lowest BCUT2D eigenvalue weighted by Gasteiger charge is -2.43. The second kappa shape index (κ2) is 6.12. The van der Waals surface area contributed by atoms with Gasteiger partial charge >= 0.3 is 0 Å². The van der Waals surface area contributed by atoms with Crippen molar-refractivity contribution in [1.29, 1.82) is 0 Å². The lowest BCUT2D eigenvalue weighted by molar-refractivity contribution is 0.118. The molecule has 0 unspecified atom stereocenters. The van der Waals surface area contributed by atoms with E-state index in [1.165, 1.54) is 23.8 Å². The summed E-state index contributed by atoms with van der Waals surface area (Å²) in [4.78, 5) is 7.16. The largest absolute Gasteiger partial charge is 0.309 e. The van der Waals surface area contributed by atoms with E-state index >= 15 is 0 Å². The van der Waals surface area contributed by atoms with E-state index < -0.39 is 0 Å². The van der Waals surface area contributed by atoms with Crippen LogP contribution < -0.4 is 5.32 Å². The minimum Gasteiger partial charge on any atom is -0.309 e. The third-order valence-electron chi connectivity index (χ3n) is 4.92. The molecule has 0 aliphatic carbocycles. The van der Waals surface area contributed by atoms with Crippen LogP contribution in [0.25, 0.3) is 10.9 Å². The molecule has 112 valence electrons. The summed E-state index contributed by atoms with van der Waals surface area (Å²) >= 11 is 0. The highest BCUT2D eigenvalue weighted by atomic mass is 15.2. The predicted octanol–water partition coefficient (Wildman–Crippen LogP) is 3.20. The smallest absolute Gasteiger partial charge is 0.0746 e. The van der Waals surface area contributed by atoms with Gasteiger partial charge in [0.05, 0.1) is 5.52 Å². The normalized spacial score (nSPS) is 19.0. The average molecular weight is 283 g/mol. The van der Waals surface area contributed by atoms with Crippen LogP contribution in [0.5, 0.6) is 0 Å². The monoisotopic (exact) mass is 283 g/mol. The van der Waals surface area contributed by atoms with Gasteiger partial charge in [0.25, 0.3) is 0 Å². The van der Waals surface area contributed by atoms with Crippen LogP contribution in [0.4, 0.5) is 0 Å². The molecule has 1 aromatic heterocycles. The van der Waals surface area contributed by atoms with E-state index in [-0.39, 0.29) is 5.54 Å². The molecular formula is C18H25N3. The summed E-state index contributed by atoms with van der Waals surface area (Å²) in [5.74, 6) is 0. The molecule has 3 heteroatoms. The van der Waals surface area contributed by atoms with Crippen LogP contribution in [-0.2, 0) is 6.54 Å². The molecule has 1 aliphatic heterocycles. The van der Waals surface area contributed by atoms with Gasteiger partial charge < -0.3 is 5.32 Å². The fraction of sp³-hybridized carbons (Fsp3) is 0.500. The lowest BCUT2D eigenvalue weighted by atomic mass is 9.90. The lowest BCUT2D eigenvalue weighted by Crippen LogP contribution is -2.59. The summed E-state index contributed by atoms with van der Waals surface area (Å²) in [7, 11) is 0. The van der Waals surface area contributed by atoms with Gasteiger partial charge in [-0.2, -0.15) is 0 Å². The fourth-order valence-electron chi connectivity index (χ4n) is 3.44. The van der Waals surface area contributed by atoms with Gasteiger partial charge in [-0.15, -0.1) is 0 Å². The van der Waals surface area contributed by atoms with Crippen LogP contribution in [0.3, 0.4) is 0 Å². The number of hydrogen-bond donors (Lipinski definition) is 1. The maximum atomic E-state index is 4.58. The van der Waals surface area contributed by atoms with Gasteiger partial charge in [-0.1, -0.05) is 38.1 Å². The maximum absolute atomic E-state index is 4.58. The number of pyridine rings is 1. The van der Waals surface area contributed by atoms with Gasteiger partial charge in [-0.25, -0.2) is 0 Å². The topological polar surface area (TPSA) is 28.2 Å². The average Bonchev–Trinajstić information content (AvgIpc) is 2.55. The van der Waals surface area contributed by atoms with E-state index in [9.17, 15) is 0 Å². The molecule has 1 fully saturated rings. The fourth-order valence-corrected chi connectivity index (χ4v) is 3.44. The first-order valence-electron chi connectivity index (χ1n) is 8.06. The van der Waals surface area contributed by atoms with Crippen LogP contribution in [0.1, 0.15) is 32.3 Å². The van der Waals surface area contributed by atoms with Crippen molar-refractivity contribution in [3.8, 4) is 0 Å². The molecule has 0 spiro atoms. The zero-order chi connectivity index (χ0) is 14.7. The second-order valence-corrected chi connectivity index (χ2v) is 6.12. The van der Waals surface area contributed by atoms with Crippen molar-refractivity contribution < 1.29 is 0 Å². The Morgan fingerprint density at radius 1 is 1.19 bits per heavy atom. The molecule has 21 heavy (non-hydrogen) atoms. The number of hydrogen-bond acceptors (Lipinski definition) is 3. The number of piperazine rings is 1. The first-order valence-corrected chi connectivity index (χ1v) is 8.06. The van der Waals surface area contributed by atoms with Crippen molar-refractivity contribution in [3.05, 3.63) is 42.1 Å². The van der Waals surface area contributed by atoms with Gasteiger partial charge in [0.2, 0.25) is 0 Å². The molecule has 2 heterocycles. The van der Waals surface area contributed by atoms with E-state index in [4.69, 9.17) is 0 Å². The number of aromatic nitrogens is 1. The van der Waals surface area contributed by atoms with Crippen LogP contribution in [0.2, 0.25) is 0 Å². The highest BCUT2D eigenvalue weighted by Crippen LogP contribution is 2.23. The highest BCUT2D eigenvalue weighted by molar-refractivity contribution is 5.81. The highest BCUT2D eigenvalue weighted by Gasteiger charge is 2.31. The number of fused-ring (bicyclic) bond motifs is 1. The molecule has 0 bridgehead atoms. The molecule has 1 aromatic carbocycles. The van der Waals surface area contributed by atoms with Crippen LogP contribution in [0.15, 0.2) is 36.5 Å². The molecule has 1 aliphatic rings. The third-order valence-corrected chi connectivity index (χ3v) is 4.92. The Kier molecular flexibility index (Phi) is 4.22. The number of nitrogens with one attached hydrogen (secondary N) is 1. The van der Waals surface area contributed by atoms with E-state index in [0.717, 1.165) is 31.7 Å². The van der Waals surface area contributed by atoms with Gasteiger partial charge in [-0.05, 0) is 24.5 Å². The Morgan fingerprint density at radius 2 is 2.00 bits per heavy atom. The Hall–Kier alpha value is -1.45. The summed E-state index contributed by atoms with van der Waals surface area (Å²) in [6.07, 6.45) is 4.27. The number of nitrogens with zero attached hydrogens (tertiary/aromatic N) is 2. The van der Waals surface area contributed by atoms with Crippen molar-refractivity contribution in [3.63, 3.8) is 0 Å². The Balaban J connectivity index is 1.82. The van der Waals surface area contributed by atoms with E-state index in [0.29, 0.717) is 0 Å². The molecule has 1 N–H and O–H groups in total. The second-order valence-electron chi connectivity index (χ2n) is 6.12. The first-order chi connectivity index (χ1) is 10.3. The molecular weight excluding hydrogens is 258 g/mol. The predicted molar refractivity (Wildman–Crippen MR) is 88.3 cm³/mol. The van der Waals surface area contributed by atoms with Crippen molar-refractivity contribution in [2.75, 3.05) is 19.6 Å². The van der Waals surface area contributed by atoms with Crippen molar-refractivity contribution >= 4 is 10.9 Å². The van der Waals surface area contributed by atoms with Gasteiger partial charge in [0.15, 0.2) is 0 Å². The minimum atomic E-state index is 0.288.